The number of benzene rings is 2. The van der Waals surface area contributed by atoms with Gasteiger partial charge in [-0.1, -0.05) is 71.9 Å². The maximum absolute atomic E-state index is 5.25. The van der Waals surface area contributed by atoms with Crippen LogP contribution in [0.5, 0.6) is 0 Å². The third-order valence-electron chi connectivity index (χ3n) is 3.04. The Morgan fingerprint density at radius 2 is 1.23 bits per heavy atom. The van der Waals surface area contributed by atoms with Gasteiger partial charge in [-0.05, 0) is 12.5 Å². The molecular weight excluding hydrogens is 651 g/mol. The van der Waals surface area contributed by atoms with E-state index in [0.29, 0.717) is 0 Å². The number of nitrogens with zero attached hydrogens (tertiary/aromatic N) is 1. The first-order valence-electron chi connectivity index (χ1n) is 9.62. The van der Waals surface area contributed by atoms with Crippen LogP contribution in [0.1, 0.15) is 52.0 Å². The van der Waals surface area contributed by atoms with Gasteiger partial charge in [-0.15, -0.1) is 23.5 Å². The molecule has 2 aromatic carbocycles. The first kappa shape index (κ1) is 36.9. The molecule has 30 heavy (non-hydrogen) atoms. The Morgan fingerprint density at radius 1 is 0.800 bits per heavy atom. The van der Waals surface area contributed by atoms with E-state index >= 15 is 0 Å². The van der Waals surface area contributed by atoms with Crippen molar-refractivity contribution >= 4 is 48.6 Å². The smallest absolute Gasteiger partial charge is 0.697 e. The minimum Gasteiger partial charge on any atom is -0.697 e. The van der Waals surface area contributed by atoms with E-state index < -0.39 is 0 Å². The average Bonchev–Trinajstić information content (AvgIpc) is 3.23. The van der Waals surface area contributed by atoms with E-state index in [2.05, 4.69) is 81.8 Å². The van der Waals surface area contributed by atoms with E-state index in [1.165, 1.54) is 10.4 Å². The van der Waals surface area contributed by atoms with Gasteiger partial charge in [0.2, 0.25) is 0 Å². The van der Waals surface area contributed by atoms with Crippen LogP contribution >= 0.6 is 48.6 Å². The fraction of sp³-hybridized carbons (Fsp3) is 0.280. The van der Waals surface area contributed by atoms with Crippen molar-refractivity contribution in [2.75, 3.05) is 0 Å². The summed E-state index contributed by atoms with van der Waals surface area (Å²) in [6.07, 6.45) is 9.00. The minimum atomic E-state index is 0. The van der Waals surface area contributed by atoms with E-state index in [0.717, 1.165) is 21.8 Å². The molecule has 3 rings (SSSR count). The van der Waals surface area contributed by atoms with Crippen LogP contribution in [0.15, 0.2) is 54.6 Å². The summed E-state index contributed by atoms with van der Waals surface area (Å²) in [5.41, 5.74) is 4.43. The minimum absolute atomic E-state index is 0. The molecule has 163 valence electrons. The van der Waals surface area contributed by atoms with Crippen molar-refractivity contribution in [3.63, 3.8) is 0 Å². The maximum atomic E-state index is 5.25. The Bertz CT molecular complexity index is 739. The summed E-state index contributed by atoms with van der Waals surface area (Å²) >= 11 is 5.98. The van der Waals surface area contributed by atoms with Crippen molar-refractivity contribution in [1.29, 1.82) is 0 Å². The number of thiazole rings is 1. The quantitative estimate of drug-likeness (QED) is 0.149. The number of hydrogen-bond donors (Lipinski definition) is 0. The Balaban J connectivity index is -0.000000271. The molecule has 5 heteroatoms. The molecule has 0 N–H and O–H groups in total. The molecule has 0 unspecified atom stereocenters. The summed E-state index contributed by atoms with van der Waals surface area (Å²) in [6.45, 7) is 18.0. The third kappa shape index (κ3) is 13.8. The largest absolute Gasteiger partial charge is 2.00 e. The van der Waals surface area contributed by atoms with Crippen molar-refractivity contribution in [3.8, 4) is 28.3 Å². The van der Waals surface area contributed by atoms with Gasteiger partial charge in [0.1, 0.15) is 5.01 Å². The molecule has 0 bridgehead atoms. The normalized spacial score (nSPS) is 7.57. The van der Waals surface area contributed by atoms with Crippen molar-refractivity contribution in [3.05, 3.63) is 78.4 Å². The molecule has 0 aliphatic carbocycles. The molecule has 1 radical (unpaired) electrons. The van der Waals surface area contributed by atoms with Crippen molar-refractivity contribution in [2.45, 2.75) is 48.5 Å². The number of aryl methyl sites for hydroxylation is 1. The SMILES string of the molecule is CC.CC.CC.II.[C-]#C.[CH2-]c1ccc(-c2nc(-c3ccccc3)sc2C)cc1.[V+2]. The van der Waals surface area contributed by atoms with Gasteiger partial charge in [-0.3, -0.25) is 0 Å². The van der Waals surface area contributed by atoms with Gasteiger partial charge in [-0.2, -0.15) is 24.6 Å². The van der Waals surface area contributed by atoms with Crippen LogP contribution in [-0.4, -0.2) is 4.98 Å². The van der Waals surface area contributed by atoms with Crippen LogP contribution < -0.4 is 0 Å². The molecular formula is C25H33I2NSV. The summed E-state index contributed by atoms with van der Waals surface area (Å²) in [6, 6.07) is 18.5. The molecule has 0 aliphatic rings. The Hall–Kier alpha value is -0.456. The molecule has 1 heterocycles. The topological polar surface area (TPSA) is 12.9 Å². The Labute approximate surface area is 225 Å². The second-order valence-corrected chi connectivity index (χ2v) is 5.69. The Morgan fingerprint density at radius 3 is 1.67 bits per heavy atom. The molecule has 0 fully saturated rings. The van der Waals surface area contributed by atoms with E-state index in [4.69, 9.17) is 11.4 Å². The van der Waals surface area contributed by atoms with Crippen LogP contribution in [0.3, 0.4) is 0 Å². The molecule has 0 spiro atoms. The third-order valence-corrected chi connectivity index (χ3v) is 4.06. The molecule has 1 nitrogen and oxygen atoms in total. The van der Waals surface area contributed by atoms with E-state index in [1.807, 2.05) is 71.9 Å². The van der Waals surface area contributed by atoms with Gasteiger partial charge in [0.25, 0.3) is 0 Å². The predicted octanol–water partition coefficient (Wildman–Crippen LogP) is 10.0. The second kappa shape index (κ2) is 26.6. The molecule has 1 aromatic heterocycles. The van der Waals surface area contributed by atoms with Gasteiger partial charge >= 0.3 is 18.6 Å². The van der Waals surface area contributed by atoms with Crippen LogP contribution in [0.2, 0.25) is 0 Å². The Kier molecular flexibility index (Phi) is 32.7. The first-order chi connectivity index (χ1) is 14.2. The summed E-state index contributed by atoms with van der Waals surface area (Å²) in [5.74, 6) is 0. The molecule has 0 amide bonds. The van der Waals surface area contributed by atoms with Crippen LogP contribution in [0.25, 0.3) is 21.8 Å². The fourth-order valence-electron chi connectivity index (χ4n) is 2.03. The van der Waals surface area contributed by atoms with Crippen LogP contribution in [0.4, 0.5) is 0 Å². The number of rotatable bonds is 2. The predicted molar refractivity (Wildman–Crippen MR) is 152 cm³/mol. The molecule has 0 saturated carbocycles. The van der Waals surface area contributed by atoms with E-state index in [1.54, 1.807) is 11.3 Å². The number of halogens is 2. The first-order valence-corrected chi connectivity index (χ1v) is 16.7. The van der Waals surface area contributed by atoms with Crippen molar-refractivity contribution < 1.29 is 18.6 Å². The second-order valence-electron chi connectivity index (χ2n) is 4.49. The zero-order valence-electron chi connectivity index (χ0n) is 19.0. The molecule has 3 aromatic rings. The summed E-state index contributed by atoms with van der Waals surface area (Å²) in [7, 11) is 0. The van der Waals surface area contributed by atoms with Gasteiger partial charge in [0, 0.05) is 47.7 Å². The van der Waals surface area contributed by atoms with E-state index in [-0.39, 0.29) is 18.6 Å². The van der Waals surface area contributed by atoms with Gasteiger partial charge in [0.15, 0.2) is 0 Å². The fourth-order valence-corrected chi connectivity index (χ4v) is 2.97. The zero-order valence-corrected chi connectivity index (χ0v) is 25.6. The van der Waals surface area contributed by atoms with Crippen molar-refractivity contribution in [2.24, 2.45) is 0 Å². The maximum Gasteiger partial charge on any atom is 2.00 e. The summed E-state index contributed by atoms with van der Waals surface area (Å²) < 4.78 is 0. The van der Waals surface area contributed by atoms with Crippen molar-refractivity contribution in [1.82, 2.24) is 4.98 Å². The summed E-state index contributed by atoms with van der Waals surface area (Å²) in [4.78, 5) is 6.02. The van der Waals surface area contributed by atoms with Crippen LogP contribution in [0, 0.1) is 26.7 Å². The monoisotopic (exact) mass is 684 g/mol. The van der Waals surface area contributed by atoms with Gasteiger partial charge in [0.05, 0.1) is 5.69 Å². The molecule has 0 aliphatic heterocycles. The number of hydrogen-bond acceptors (Lipinski definition) is 2. The number of aromatic nitrogens is 1. The van der Waals surface area contributed by atoms with Gasteiger partial charge in [-0.25, -0.2) is 4.98 Å². The van der Waals surface area contributed by atoms with E-state index in [9.17, 15) is 0 Å². The van der Waals surface area contributed by atoms with Crippen LogP contribution in [-0.2, 0) is 18.6 Å². The molecule has 0 atom stereocenters. The average molecular weight is 684 g/mol. The zero-order chi connectivity index (χ0) is 23.2. The van der Waals surface area contributed by atoms with Gasteiger partial charge < -0.3 is 12.8 Å². The summed E-state index contributed by atoms with van der Waals surface area (Å²) in [5, 5.41) is 1.08. The molecule has 0 saturated heterocycles. The standard InChI is InChI=1S/C17H14NS.3C2H6.C2H.I2.V/c1-12-8-10-14(11-9-12)16-13(2)19-17(18-16)15-6-4-3-5-7-15;5*1-2;/h3-11H,1H2,2H3;3*1-2H3;1H;;/q-1;;;;-1;;+2. The number of terminal acetylenes is 1.